The van der Waals surface area contributed by atoms with Crippen molar-refractivity contribution in [1.82, 2.24) is 0 Å². The van der Waals surface area contributed by atoms with Gasteiger partial charge in [0.1, 0.15) is 5.75 Å². The van der Waals surface area contributed by atoms with Gasteiger partial charge in [0.15, 0.2) is 6.61 Å². The maximum absolute atomic E-state index is 12.0. The molecular formula is C17H16ClNO4. The lowest BCUT2D eigenvalue weighted by molar-refractivity contribution is -0.118. The average molecular weight is 334 g/mol. The minimum atomic E-state index is -0.490. The first kappa shape index (κ1) is 16.8. The zero-order valence-electron chi connectivity index (χ0n) is 12.5. The molecule has 6 heteroatoms. The number of para-hydroxylation sites is 2. The van der Waals surface area contributed by atoms with Crippen LogP contribution in [-0.4, -0.2) is 25.1 Å². The Kier molecular flexibility index (Phi) is 6.00. The molecule has 0 aromatic heterocycles. The first-order chi connectivity index (χ1) is 11.1. The Bertz CT molecular complexity index is 702. The first-order valence-electron chi connectivity index (χ1n) is 7.05. The molecule has 0 aliphatic heterocycles. The monoisotopic (exact) mass is 333 g/mol. The number of hydrogen-bond acceptors (Lipinski definition) is 4. The average Bonchev–Trinajstić information content (AvgIpc) is 2.55. The van der Waals surface area contributed by atoms with E-state index in [0.29, 0.717) is 22.0 Å². The second-order valence-corrected chi connectivity index (χ2v) is 4.94. The molecule has 0 radical (unpaired) electrons. The molecule has 0 spiro atoms. The van der Waals surface area contributed by atoms with Crippen LogP contribution in [0.1, 0.15) is 17.3 Å². The largest absolute Gasteiger partial charge is 0.482 e. The van der Waals surface area contributed by atoms with Crippen LogP contribution in [0, 0.1) is 0 Å². The van der Waals surface area contributed by atoms with E-state index in [2.05, 4.69) is 5.32 Å². The van der Waals surface area contributed by atoms with Crippen LogP contribution in [0.4, 0.5) is 5.69 Å². The number of rotatable bonds is 6. The number of carbonyl (C=O) groups is 2. The van der Waals surface area contributed by atoms with E-state index in [1.54, 1.807) is 55.5 Å². The molecule has 0 aliphatic rings. The summed E-state index contributed by atoms with van der Waals surface area (Å²) in [5, 5.41) is 3.06. The Hall–Kier alpha value is -2.53. The van der Waals surface area contributed by atoms with Gasteiger partial charge in [0, 0.05) is 0 Å². The molecule has 120 valence electrons. The number of nitrogens with one attached hydrogen (secondary N) is 1. The number of anilines is 1. The number of hydrogen-bond donors (Lipinski definition) is 1. The fourth-order valence-corrected chi connectivity index (χ4v) is 2.06. The number of benzene rings is 2. The second kappa shape index (κ2) is 8.19. The van der Waals surface area contributed by atoms with Gasteiger partial charge in [-0.25, -0.2) is 4.79 Å². The zero-order valence-corrected chi connectivity index (χ0v) is 13.3. The van der Waals surface area contributed by atoms with Gasteiger partial charge in [-0.15, -0.1) is 0 Å². The number of amides is 1. The van der Waals surface area contributed by atoms with Crippen LogP contribution in [-0.2, 0) is 9.53 Å². The van der Waals surface area contributed by atoms with Crippen LogP contribution in [0.2, 0.25) is 5.02 Å². The number of ether oxygens (including phenoxy) is 2. The van der Waals surface area contributed by atoms with E-state index in [4.69, 9.17) is 21.1 Å². The van der Waals surface area contributed by atoms with Gasteiger partial charge < -0.3 is 14.8 Å². The van der Waals surface area contributed by atoms with E-state index < -0.39 is 11.9 Å². The summed E-state index contributed by atoms with van der Waals surface area (Å²) < 4.78 is 10.3. The highest BCUT2D eigenvalue weighted by Crippen LogP contribution is 2.23. The predicted octanol–water partition coefficient (Wildman–Crippen LogP) is 3.53. The standard InChI is InChI=1S/C17H16ClNO4/c1-2-22-17(21)12-7-3-5-9-14(12)19-16(20)11-23-15-10-6-4-8-13(15)18/h3-10H,2,11H2,1H3,(H,19,20). The molecule has 2 aromatic carbocycles. The Morgan fingerprint density at radius 2 is 1.78 bits per heavy atom. The molecule has 0 heterocycles. The quantitative estimate of drug-likeness (QED) is 0.821. The molecule has 23 heavy (non-hydrogen) atoms. The minimum Gasteiger partial charge on any atom is -0.482 e. The van der Waals surface area contributed by atoms with Gasteiger partial charge in [0.2, 0.25) is 0 Å². The van der Waals surface area contributed by atoms with Crippen molar-refractivity contribution in [3.05, 3.63) is 59.1 Å². The van der Waals surface area contributed by atoms with Crippen molar-refractivity contribution in [1.29, 1.82) is 0 Å². The van der Waals surface area contributed by atoms with E-state index in [9.17, 15) is 9.59 Å². The van der Waals surface area contributed by atoms with E-state index in [1.807, 2.05) is 0 Å². The summed E-state index contributed by atoms with van der Waals surface area (Å²) in [5.74, 6) is -0.472. The van der Waals surface area contributed by atoms with Crippen molar-refractivity contribution in [2.75, 3.05) is 18.5 Å². The lowest BCUT2D eigenvalue weighted by Gasteiger charge is -2.11. The van der Waals surface area contributed by atoms with Gasteiger partial charge in [0.25, 0.3) is 5.91 Å². The van der Waals surface area contributed by atoms with Crippen LogP contribution >= 0.6 is 11.6 Å². The van der Waals surface area contributed by atoms with Gasteiger partial charge in [-0.05, 0) is 31.2 Å². The predicted molar refractivity (Wildman–Crippen MR) is 88.0 cm³/mol. The van der Waals surface area contributed by atoms with E-state index >= 15 is 0 Å². The first-order valence-corrected chi connectivity index (χ1v) is 7.43. The maximum Gasteiger partial charge on any atom is 0.340 e. The molecule has 2 rings (SSSR count). The fourth-order valence-electron chi connectivity index (χ4n) is 1.87. The van der Waals surface area contributed by atoms with E-state index in [-0.39, 0.29) is 13.2 Å². The molecule has 1 amide bonds. The van der Waals surface area contributed by atoms with Crippen LogP contribution in [0.25, 0.3) is 0 Å². The van der Waals surface area contributed by atoms with Crippen molar-refractivity contribution in [2.24, 2.45) is 0 Å². The molecule has 0 unspecified atom stereocenters. The lowest BCUT2D eigenvalue weighted by Crippen LogP contribution is -2.22. The van der Waals surface area contributed by atoms with Crippen LogP contribution in [0.3, 0.4) is 0 Å². The van der Waals surface area contributed by atoms with Gasteiger partial charge in [-0.2, -0.15) is 0 Å². The number of esters is 1. The molecule has 0 aliphatic carbocycles. The number of carbonyl (C=O) groups excluding carboxylic acids is 2. The summed E-state index contributed by atoms with van der Waals surface area (Å²) >= 11 is 5.95. The van der Waals surface area contributed by atoms with Gasteiger partial charge >= 0.3 is 5.97 Å². The third kappa shape index (κ3) is 4.72. The van der Waals surface area contributed by atoms with Gasteiger partial charge in [-0.3, -0.25) is 4.79 Å². The maximum atomic E-state index is 12.0. The summed E-state index contributed by atoms with van der Waals surface area (Å²) in [4.78, 5) is 23.8. The third-order valence-electron chi connectivity index (χ3n) is 2.89. The minimum absolute atomic E-state index is 0.221. The highest BCUT2D eigenvalue weighted by Gasteiger charge is 2.14. The lowest BCUT2D eigenvalue weighted by atomic mass is 10.2. The molecule has 5 nitrogen and oxygen atoms in total. The Balaban J connectivity index is 2.01. The van der Waals surface area contributed by atoms with Crippen molar-refractivity contribution in [2.45, 2.75) is 6.92 Å². The topological polar surface area (TPSA) is 64.6 Å². The molecule has 1 N–H and O–H groups in total. The molecule has 2 aromatic rings. The zero-order chi connectivity index (χ0) is 16.7. The van der Waals surface area contributed by atoms with Gasteiger partial charge in [0.05, 0.1) is 22.9 Å². The van der Waals surface area contributed by atoms with Crippen molar-refractivity contribution in [3.63, 3.8) is 0 Å². The molecule has 0 atom stereocenters. The Morgan fingerprint density at radius 1 is 1.09 bits per heavy atom. The van der Waals surface area contributed by atoms with Crippen LogP contribution in [0.5, 0.6) is 5.75 Å². The Labute approximate surface area is 139 Å². The third-order valence-corrected chi connectivity index (χ3v) is 3.20. The Morgan fingerprint density at radius 3 is 2.52 bits per heavy atom. The summed E-state index contributed by atoms with van der Waals surface area (Å²) in [7, 11) is 0. The van der Waals surface area contributed by atoms with E-state index in [0.717, 1.165) is 0 Å². The van der Waals surface area contributed by atoms with Gasteiger partial charge in [-0.1, -0.05) is 35.9 Å². The van der Waals surface area contributed by atoms with Crippen LogP contribution in [0.15, 0.2) is 48.5 Å². The summed E-state index contributed by atoms with van der Waals surface area (Å²) in [5.41, 5.74) is 0.666. The van der Waals surface area contributed by atoms with Crippen molar-refractivity contribution >= 4 is 29.2 Å². The van der Waals surface area contributed by atoms with Crippen molar-refractivity contribution in [3.8, 4) is 5.75 Å². The summed E-state index contributed by atoms with van der Waals surface area (Å²) in [6, 6.07) is 13.5. The smallest absolute Gasteiger partial charge is 0.340 e. The summed E-state index contributed by atoms with van der Waals surface area (Å²) in [6.45, 7) is 1.76. The normalized spacial score (nSPS) is 10.0. The van der Waals surface area contributed by atoms with Crippen LogP contribution < -0.4 is 10.1 Å². The highest BCUT2D eigenvalue weighted by molar-refractivity contribution is 6.32. The number of halogens is 1. The fraction of sp³-hybridized carbons (Fsp3) is 0.176. The highest BCUT2D eigenvalue weighted by atomic mass is 35.5. The molecular weight excluding hydrogens is 318 g/mol. The molecule has 0 fully saturated rings. The molecule has 0 saturated heterocycles. The van der Waals surface area contributed by atoms with Crippen molar-refractivity contribution < 1.29 is 19.1 Å². The summed E-state index contributed by atoms with van der Waals surface area (Å²) in [6.07, 6.45) is 0. The SMILES string of the molecule is CCOC(=O)c1ccccc1NC(=O)COc1ccccc1Cl. The molecule has 0 saturated carbocycles. The van der Waals surface area contributed by atoms with E-state index in [1.165, 1.54) is 0 Å². The second-order valence-electron chi connectivity index (χ2n) is 4.53. The molecule has 0 bridgehead atoms.